The number of nitrogens with zero attached hydrogens (tertiary/aromatic N) is 2. The SMILES string of the molecule is Cc1nc(Cc2ccc(Br)cc2)nc(Cl)c1F. The van der Waals surface area contributed by atoms with Crippen LogP contribution in [-0.4, -0.2) is 9.97 Å². The van der Waals surface area contributed by atoms with Crippen molar-refractivity contribution in [3.8, 4) is 0 Å². The number of rotatable bonds is 2. The van der Waals surface area contributed by atoms with Gasteiger partial charge in [0, 0.05) is 10.9 Å². The van der Waals surface area contributed by atoms with Crippen molar-refractivity contribution in [2.24, 2.45) is 0 Å². The van der Waals surface area contributed by atoms with Gasteiger partial charge in [-0.2, -0.15) is 0 Å². The average molecular weight is 316 g/mol. The summed E-state index contributed by atoms with van der Waals surface area (Å²) in [5.41, 5.74) is 1.33. The van der Waals surface area contributed by atoms with E-state index in [2.05, 4.69) is 25.9 Å². The summed E-state index contributed by atoms with van der Waals surface area (Å²) in [6.45, 7) is 1.58. The van der Waals surface area contributed by atoms with E-state index in [-0.39, 0.29) is 10.8 Å². The van der Waals surface area contributed by atoms with Crippen LogP contribution in [0.15, 0.2) is 28.7 Å². The summed E-state index contributed by atoms with van der Waals surface area (Å²) in [5, 5.41) is -0.121. The molecule has 0 N–H and O–H groups in total. The molecule has 0 aliphatic heterocycles. The monoisotopic (exact) mass is 314 g/mol. The fourth-order valence-corrected chi connectivity index (χ4v) is 1.94. The van der Waals surface area contributed by atoms with Crippen molar-refractivity contribution < 1.29 is 4.39 Å². The van der Waals surface area contributed by atoms with Gasteiger partial charge >= 0.3 is 0 Å². The van der Waals surface area contributed by atoms with Crippen molar-refractivity contribution in [1.82, 2.24) is 9.97 Å². The molecule has 0 aliphatic rings. The minimum atomic E-state index is -0.550. The molecule has 0 aliphatic carbocycles. The van der Waals surface area contributed by atoms with E-state index in [1.54, 1.807) is 6.92 Å². The highest BCUT2D eigenvalue weighted by Gasteiger charge is 2.09. The molecule has 5 heteroatoms. The van der Waals surface area contributed by atoms with E-state index in [0.717, 1.165) is 10.0 Å². The molecular weight excluding hydrogens is 307 g/mol. The Hall–Kier alpha value is -1.00. The molecule has 0 fully saturated rings. The second-order valence-corrected chi connectivity index (χ2v) is 4.91. The lowest BCUT2D eigenvalue weighted by atomic mass is 10.1. The van der Waals surface area contributed by atoms with Gasteiger partial charge in [-0.05, 0) is 24.6 Å². The fourth-order valence-electron chi connectivity index (χ4n) is 1.44. The third kappa shape index (κ3) is 3.01. The summed E-state index contributed by atoms with van der Waals surface area (Å²) >= 11 is 9.04. The first-order valence-electron chi connectivity index (χ1n) is 4.99. The van der Waals surface area contributed by atoms with E-state index in [4.69, 9.17) is 11.6 Å². The number of aromatic nitrogens is 2. The standard InChI is InChI=1S/C12H9BrClFN2/c1-7-11(15)12(14)17-10(16-7)6-8-2-4-9(13)5-3-8/h2-5H,6H2,1H3. The van der Waals surface area contributed by atoms with Crippen molar-refractivity contribution in [3.63, 3.8) is 0 Å². The summed E-state index contributed by atoms with van der Waals surface area (Å²) < 4.78 is 14.2. The Kier molecular flexibility index (Phi) is 3.74. The van der Waals surface area contributed by atoms with Crippen molar-refractivity contribution in [1.29, 1.82) is 0 Å². The molecule has 0 bridgehead atoms. The lowest BCUT2D eigenvalue weighted by Crippen LogP contribution is -2.02. The van der Waals surface area contributed by atoms with E-state index in [1.165, 1.54) is 0 Å². The van der Waals surface area contributed by atoms with Crippen LogP contribution >= 0.6 is 27.5 Å². The van der Waals surface area contributed by atoms with Crippen LogP contribution in [0.5, 0.6) is 0 Å². The Morgan fingerprint density at radius 3 is 2.47 bits per heavy atom. The second kappa shape index (κ2) is 5.10. The zero-order valence-corrected chi connectivity index (χ0v) is 11.4. The zero-order valence-electron chi connectivity index (χ0n) is 9.04. The maximum absolute atomic E-state index is 13.2. The Morgan fingerprint density at radius 1 is 1.24 bits per heavy atom. The van der Waals surface area contributed by atoms with E-state index in [0.29, 0.717) is 12.2 Å². The summed E-state index contributed by atoms with van der Waals surface area (Å²) in [4.78, 5) is 7.99. The Balaban J connectivity index is 2.27. The minimum absolute atomic E-state index is 0.121. The van der Waals surface area contributed by atoms with Gasteiger partial charge in [-0.1, -0.05) is 39.7 Å². The highest BCUT2D eigenvalue weighted by molar-refractivity contribution is 9.10. The smallest absolute Gasteiger partial charge is 0.181 e. The molecule has 1 heterocycles. The Bertz CT molecular complexity index is 520. The number of hydrogen-bond acceptors (Lipinski definition) is 2. The van der Waals surface area contributed by atoms with Gasteiger partial charge < -0.3 is 0 Å². The van der Waals surface area contributed by atoms with Gasteiger partial charge in [-0.15, -0.1) is 0 Å². The predicted molar refractivity (Wildman–Crippen MR) is 68.7 cm³/mol. The molecule has 0 amide bonds. The third-order valence-electron chi connectivity index (χ3n) is 2.30. The van der Waals surface area contributed by atoms with Crippen molar-refractivity contribution in [3.05, 3.63) is 56.8 Å². The largest absolute Gasteiger partial charge is 0.235 e. The first-order chi connectivity index (χ1) is 8.06. The van der Waals surface area contributed by atoms with Gasteiger partial charge in [0.2, 0.25) is 0 Å². The third-order valence-corrected chi connectivity index (χ3v) is 3.08. The van der Waals surface area contributed by atoms with E-state index in [1.807, 2.05) is 24.3 Å². The highest BCUT2D eigenvalue weighted by atomic mass is 79.9. The van der Waals surface area contributed by atoms with Gasteiger partial charge in [0.05, 0.1) is 5.69 Å². The Labute approximate surface area is 112 Å². The molecule has 17 heavy (non-hydrogen) atoms. The number of hydrogen-bond donors (Lipinski definition) is 0. The maximum atomic E-state index is 13.2. The highest BCUT2D eigenvalue weighted by Crippen LogP contribution is 2.17. The van der Waals surface area contributed by atoms with E-state index in [9.17, 15) is 4.39 Å². The van der Waals surface area contributed by atoms with Crippen LogP contribution in [-0.2, 0) is 6.42 Å². The van der Waals surface area contributed by atoms with Crippen LogP contribution < -0.4 is 0 Å². The number of halogens is 3. The summed E-state index contributed by atoms with van der Waals surface area (Å²) in [5.74, 6) is -0.0255. The molecule has 1 aromatic heterocycles. The van der Waals surface area contributed by atoms with E-state index >= 15 is 0 Å². The second-order valence-electron chi connectivity index (χ2n) is 3.63. The van der Waals surface area contributed by atoms with Crippen LogP contribution in [0, 0.1) is 12.7 Å². The average Bonchev–Trinajstić information content (AvgIpc) is 2.29. The molecule has 2 nitrogen and oxygen atoms in total. The first-order valence-corrected chi connectivity index (χ1v) is 6.16. The normalized spacial score (nSPS) is 10.6. The van der Waals surface area contributed by atoms with Crippen LogP contribution in [0.4, 0.5) is 4.39 Å². The molecule has 0 saturated carbocycles. The van der Waals surface area contributed by atoms with Crippen molar-refractivity contribution in [2.75, 3.05) is 0 Å². The quantitative estimate of drug-likeness (QED) is 0.785. The molecule has 0 saturated heterocycles. The fraction of sp³-hybridized carbons (Fsp3) is 0.167. The number of benzene rings is 1. The van der Waals surface area contributed by atoms with Crippen molar-refractivity contribution >= 4 is 27.5 Å². The lowest BCUT2D eigenvalue weighted by Gasteiger charge is -2.04. The van der Waals surface area contributed by atoms with Gasteiger partial charge in [0.15, 0.2) is 11.0 Å². The molecule has 0 unspecified atom stereocenters. The maximum Gasteiger partial charge on any atom is 0.181 e. The molecule has 2 rings (SSSR count). The molecule has 0 atom stereocenters. The lowest BCUT2D eigenvalue weighted by molar-refractivity contribution is 0.597. The van der Waals surface area contributed by atoms with Gasteiger partial charge in [-0.25, -0.2) is 14.4 Å². The van der Waals surface area contributed by atoms with Crippen LogP contribution in [0.3, 0.4) is 0 Å². The molecule has 0 spiro atoms. The topological polar surface area (TPSA) is 25.8 Å². The first kappa shape index (κ1) is 12.5. The number of aryl methyl sites for hydroxylation is 1. The van der Waals surface area contributed by atoms with Gasteiger partial charge in [0.1, 0.15) is 5.82 Å². The molecule has 1 aromatic carbocycles. The molecule has 2 aromatic rings. The van der Waals surface area contributed by atoms with Crippen LogP contribution in [0.1, 0.15) is 17.1 Å². The summed E-state index contributed by atoms with van der Waals surface area (Å²) in [7, 11) is 0. The Morgan fingerprint density at radius 2 is 1.88 bits per heavy atom. The van der Waals surface area contributed by atoms with Crippen LogP contribution in [0.25, 0.3) is 0 Å². The predicted octanol–water partition coefficient (Wildman–Crippen LogP) is 3.93. The van der Waals surface area contributed by atoms with Crippen molar-refractivity contribution in [2.45, 2.75) is 13.3 Å². The van der Waals surface area contributed by atoms with Crippen LogP contribution in [0.2, 0.25) is 5.15 Å². The summed E-state index contributed by atoms with van der Waals surface area (Å²) in [6, 6.07) is 7.79. The molecular formula is C12H9BrClFN2. The van der Waals surface area contributed by atoms with Gasteiger partial charge in [-0.3, -0.25) is 0 Å². The minimum Gasteiger partial charge on any atom is -0.235 e. The van der Waals surface area contributed by atoms with Gasteiger partial charge in [0.25, 0.3) is 0 Å². The molecule has 0 radical (unpaired) electrons. The summed E-state index contributed by atoms with van der Waals surface area (Å²) in [6.07, 6.45) is 0.536. The van der Waals surface area contributed by atoms with E-state index < -0.39 is 5.82 Å². The zero-order chi connectivity index (χ0) is 12.4. The molecule has 88 valence electrons.